The molecule has 4 rings (SSSR count). The van der Waals surface area contributed by atoms with Crippen LogP contribution in [-0.2, 0) is 16.0 Å². The Morgan fingerprint density at radius 1 is 1.27 bits per heavy atom. The van der Waals surface area contributed by atoms with Crippen LogP contribution in [0.5, 0.6) is 0 Å². The van der Waals surface area contributed by atoms with Crippen LogP contribution in [0.1, 0.15) is 36.0 Å². The number of rotatable bonds is 5. The molecule has 3 aliphatic rings. The first-order valence-corrected chi connectivity index (χ1v) is 10.0. The van der Waals surface area contributed by atoms with Gasteiger partial charge in [-0.1, -0.05) is 29.3 Å². The maximum atomic E-state index is 12.9. The van der Waals surface area contributed by atoms with Crippen LogP contribution in [0.25, 0.3) is 0 Å². The van der Waals surface area contributed by atoms with Gasteiger partial charge in [-0.2, -0.15) is 0 Å². The number of hydrogen-bond acceptors (Lipinski definition) is 3. The van der Waals surface area contributed by atoms with Crippen LogP contribution in [0.2, 0.25) is 0 Å². The average Bonchev–Trinajstić information content (AvgIpc) is 3.21. The van der Waals surface area contributed by atoms with Crippen molar-refractivity contribution in [3.63, 3.8) is 0 Å². The minimum atomic E-state index is -0.0407. The number of hydrogen-bond donors (Lipinski definition) is 0. The second-order valence-electron chi connectivity index (χ2n) is 9.06. The van der Waals surface area contributed by atoms with Crippen molar-refractivity contribution >= 4 is 5.91 Å². The fourth-order valence-corrected chi connectivity index (χ4v) is 5.67. The third kappa shape index (κ3) is 3.18. The van der Waals surface area contributed by atoms with Crippen molar-refractivity contribution < 1.29 is 9.53 Å². The SMILES string of the molecule is Cc1cc(C)cc(CCC(=O)N2C[C@@H]3[C@H](CN(C)C)[C@H]4CC[C@]3(C2)O4)c1. The Labute approximate surface area is 157 Å². The van der Waals surface area contributed by atoms with Gasteiger partial charge in [0.05, 0.1) is 18.2 Å². The molecule has 3 heterocycles. The van der Waals surface area contributed by atoms with Crippen LogP contribution in [0.3, 0.4) is 0 Å². The molecule has 0 saturated carbocycles. The number of aryl methyl sites for hydroxylation is 3. The van der Waals surface area contributed by atoms with Crippen molar-refractivity contribution in [3.8, 4) is 0 Å². The molecule has 1 aromatic rings. The molecule has 0 aliphatic carbocycles. The zero-order valence-electron chi connectivity index (χ0n) is 16.6. The molecule has 2 bridgehead atoms. The number of amides is 1. The fourth-order valence-electron chi connectivity index (χ4n) is 5.67. The minimum Gasteiger partial charge on any atom is -0.369 e. The Morgan fingerprint density at radius 3 is 2.69 bits per heavy atom. The molecule has 26 heavy (non-hydrogen) atoms. The summed E-state index contributed by atoms with van der Waals surface area (Å²) in [5.41, 5.74) is 3.79. The van der Waals surface area contributed by atoms with Crippen LogP contribution < -0.4 is 0 Å². The minimum absolute atomic E-state index is 0.0407. The highest BCUT2D eigenvalue weighted by atomic mass is 16.5. The number of benzene rings is 1. The van der Waals surface area contributed by atoms with Gasteiger partial charge in [0.25, 0.3) is 0 Å². The van der Waals surface area contributed by atoms with Gasteiger partial charge >= 0.3 is 0 Å². The van der Waals surface area contributed by atoms with Gasteiger partial charge < -0.3 is 14.5 Å². The number of likely N-dealkylation sites (tertiary alicyclic amines) is 1. The molecular weight excluding hydrogens is 324 g/mol. The molecule has 4 heteroatoms. The molecule has 0 aromatic heterocycles. The molecule has 3 aliphatic heterocycles. The Bertz CT molecular complexity index is 681. The lowest BCUT2D eigenvalue weighted by Gasteiger charge is -2.30. The summed E-state index contributed by atoms with van der Waals surface area (Å²) in [4.78, 5) is 17.2. The summed E-state index contributed by atoms with van der Waals surface area (Å²) in [5, 5.41) is 0. The van der Waals surface area contributed by atoms with E-state index in [4.69, 9.17) is 4.74 Å². The Kier molecular flexibility index (Phi) is 4.60. The monoisotopic (exact) mass is 356 g/mol. The first-order valence-electron chi connectivity index (χ1n) is 10.0. The number of ether oxygens (including phenoxy) is 1. The first-order chi connectivity index (χ1) is 12.4. The van der Waals surface area contributed by atoms with E-state index in [1.54, 1.807) is 0 Å². The van der Waals surface area contributed by atoms with Crippen molar-refractivity contribution in [1.82, 2.24) is 9.80 Å². The lowest BCUT2D eigenvalue weighted by Crippen LogP contribution is -2.40. The van der Waals surface area contributed by atoms with Gasteiger partial charge in [-0.15, -0.1) is 0 Å². The van der Waals surface area contributed by atoms with Crippen LogP contribution in [0, 0.1) is 25.7 Å². The van der Waals surface area contributed by atoms with Crippen molar-refractivity contribution in [3.05, 3.63) is 34.9 Å². The summed E-state index contributed by atoms with van der Waals surface area (Å²) in [6, 6.07) is 6.59. The van der Waals surface area contributed by atoms with E-state index in [0.717, 1.165) is 32.5 Å². The third-order valence-electron chi connectivity index (χ3n) is 6.62. The highest BCUT2D eigenvalue weighted by Crippen LogP contribution is 2.54. The largest absolute Gasteiger partial charge is 0.369 e. The molecule has 1 spiro atoms. The molecule has 0 radical (unpaired) electrons. The molecule has 4 atom stereocenters. The van der Waals surface area contributed by atoms with Crippen LogP contribution >= 0.6 is 0 Å². The lowest BCUT2D eigenvalue weighted by atomic mass is 9.73. The summed E-state index contributed by atoms with van der Waals surface area (Å²) < 4.78 is 6.45. The lowest BCUT2D eigenvalue weighted by molar-refractivity contribution is -0.131. The van der Waals surface area contributed by atoms with Crippen molar-refractivity contribution in [2.75, 3.05) is 33.7 Å². The molecule has 1 aromatic carbocycles. The molecule has 0 N–H and O–H groups in total. The first kappa shape index (κ1) is 18.0. The van der Waals surface area contributed by atoms with E-state index < -0.39 is 0 Å². The summed E-state index contributed by atoms with van der Waals surface area (Å²) in [7, 11) is 4.28. The topological polar surface area (TPSA) is 32.8 Å². The predicted octanol–water partition coefficient (Wildman–Crippen LogP) is 2.80. The molecular formula is C22H32N2O2. The summed E-state index contributed by atoms with van der Waals surface area (Å²) in [6.45, 7) is 7.02. The van der Waals surface area contributed by atoms with E-state index in [0.29, 0.717) is 30.3 Å². The van der Waals surface area contributed by atoms with E-state index in [1.807, 2.05) is 0 Å². The van der Waals surface area contributed by atoms with Crippen LogP contribution in [0.15, 0.2) is 18.2 Å². The Hall–Kier alpha value is -1.39. The van der Waals surface area contributed by atoms with E-state index in [9.17, 15) is 4.79 Å². The van der Waals surface area contributed by atoms with Gasteiger partial charge in [0, 0.05) is 31.3 Å². The number of carbonyl (C=O) groups excluding carboxylic acids is 1. The van der Waals surface area contributed by atoms with E-state index in [1.165, 1.54) is 23.1 Å². The normalized spacial score (nSPS) is 32.5. The highest BCUT2D eigenvalue weighted by Gasteiger charge is 2.63. The van der Waals surface area contributed by atoms with Gasteiger partial charge in [-0.05, 0) is 52.8 Å². The maximum absolute atomic E-state index is 12.9. The van der Waals surface area contributed by atoms with Crippen molar-refractivity contribution in [2.24, 2.45) is 11.8 Å². The summed E-state index contributed by atoms with van der Waals surface area (Å²) in [6.07, 6.45) is 4.15. The van der Waals surface area contributed by atoms with Gasteiger partial charge in [-0.3, -0.25) is 4.79 Å². The molecule has 1 amide bonds. The number of carbonyl (C=O) groups is 1. The Morgan fingerprint density at radius 2 is 2.00 bits per heavy atom. The molecule has 0 unspecified atom stereocenters. The zero-order chi connectivity index (χ0) is 18.5. The van der Waals surface area contributed by atoms with Gasteiger partial charge in [-0.25, -0.2) is 0 Å². The molecule has 142 valence electrons. The molecule has 3 saturated heterocycles. The van der Waals surface area contributed by atoms with Crippen LogP contribution in [0.4, 0.5) is 0 Å². The maximum Gasteiger partial charge on any atom is 0.223 e. The van der Waals surface area contributed by atoms with E-state index in [2.05, 4.69) is 55.9 Å². The smallest absolute Gasteiger partial charge is 0.223 e. The molecule has 3 fully saturated rings. The Balaban J connectivity index is 1.39. The van der Waals surface area contributed by atoms with Crippen LogP contribution in [-0.4, -0.2) is 61.1 Å². The van der Waals surface area contributed by atoms with Gasteiger partial charge in [0.1, 0.15) is 0 Å². The summed E-state index contributed by atoms with van der Waals surface area (Å²) >= 11 is 0. The quantitative estimate of drug-likeness (QED) is 0.813. The second-order valence-corrected chi connectivity index (χ2v) is 9.06. The third-order valence-corrected chi connectivity index (χ3v) is 6.62. The second kappa shape index (κ2) is 6.65. The highest BCUT2D eigenvalue weighted by molar-refractivity contribution is 5.77. The summed E-state index contributed by atoms with van der Waals surface area (Å²) in [5.74, 6) is 1.40. The fraction of sp³-hybridized carbons (Fsp3) is 0.682. The molecule has 4 nitrogen and oxygen atoms in total. The predicted molar refractivity (Wildman–Crippen MR) is 103 cm³/mol. The van der Waals surface area contributed by atoms with Gasteiger partial charge in [0.2, 0.25) is 5.91 Å². The number of nitrogens with zero attached hydrogens (tertiary/aromatic N) is 2. The average molecular weight is 357 g/mol. The van der Waals surface area contributed by atoms with Crippen molar-refractivity contribution in [1.29, 1.82) is 0 Å². The zero-order valence-corrected chi connectivity index (χ0v) is 16.6. The van der Waals surface area contributed by atoms with E-state index in [-0.39, 0.29) is 5.60 Å². The van der Waals surface area contributed by atoms with Crippen molar-refractivity contribution in [2.45, 2.75) is 51.2 Å². The number of fused-ring (bicyclic) bond motifs is 1. The van der Waals surface area contributed by atoms with Gasteiger partial charge in [0.15, 0.2) is 0 Å². The standard InChI is InChI=1S/C22H32N2O2/c1-15-9-16(2)11-17(10-15)5-6-21(25)24-13-19-18(12-23(3)4)20-7-8-22(19,14-24)26-20/h9-11,18-20H,5-8,12-14H2,1-4H3/t18-,19+,20+,22+/m0/s1. The van der Waals surface area contributed by atoms with E-state index >= 15 is 0 Å².